The second-order valence-corrected chi connectivity index (χ2v) is 14.3. The molecule has 0 N–H and O–H groups in total. The average Bonchev–Trinajstić information content (AvgIpc) is 3.42. The van der Waals surface area contributed by atoms with Crippen LogP contribution in [-0.4, -0.2) is 16.3 Å². The minimum absolute atomic E-state index is 0. The molecular weight excluding hydrogens is 690 g/mol. The molecule has 3 aromatic carbocycles. The number of aromatic nitrogens is 1. The summed E-state index contributed by atoms with van der Waals surface area (Å²) in [4.78, 5) is 4.38. The number of nitrogens with zero attached hydrogens (tertiary/aromatic N) is 1. The minimum atomic E-state index is -2.28. The van der Waals surface area contributed by atoms with E-state index in [4.69, 9.17) is 4.42 Å². The van der Waals surface area contributed by atoms with Crippen LogP contribution in [0, 0.1) is 12.1 Å². The standard InChI is InChI=1S/C18H26OP.C17H10NO.Ir/c19-20(16-10-4-1-5-11-16,17-12-6-2-7-13-17)18-14-8-3-9-15-18;1-2-10-16-12(6-1)13-7-5-8-14(17(13)19-16)15-9-3-4-11-18-15;/h1,4-5,10,17-18H,2-3,6-9,12-15H2;1-7,9-11H;/q2*-1;. The van der Waals surface area contributed by atoms with Crippen LogP contribution in [0.1, 0.15) is 64.2 Å². The molecule has 1 radical (unpaired) electrons. The molecule has 209 valence electrons. The van der Waals surface area contributed by atoms with Crippen molar-refractivity contribution in [3.8, 4) is 11.3 Å². The predicted octanol–water partition coefficient (Wildman–Crippen LogP) is 9.59. The molecule has 7 rings (SSSR count). The third-order valence-electron chi connectivity index (χ3n) is 8.56. The van der Waals surface area contributed by atoms with Gasteiger partial charge in [0, 0.05) is 43.0 Å². The first-order chi connectivity index (χ1) is 19.2. The smallest absolute Gasteiger partial charge is 0.120 e. The maximum Gasteiger partial charge on any atom is 0.120 e. The number of rotatable bonds is 4. The number of pyridine rings is 1. The van der Waals surface area contributed by atoms with Gasteiger partial charge in [0.15, 0.2) is 0 Å². The van der Waals surface area contributed by atoms with Crippen molar-refractivity contribution in [2.24, 2.45) is 0 Å². The fourth-order valence-electron chi connectivity index (χ4n) is 6.61. The zero-order valence-corrected chi connectivity index (χ0v) is 26.1. The summed E-state index contributed by atoms with van der Waals surface area (Å²) >= 11 is 0. The van der Waals surface area contributed by atoms with Gasteiger partial charge in [-0.25, -0.2) is 0 Å². The predicted molar refractivity (Wildman–Crippen MR) is 162 cm³/mol. The van der Waals surface area contributed by atoms with Gasteiger partial charge in [0.1, 0.15) is 5.58 Å². The summed E-state index contributed by atoms with van der Waals surface area (Å²) in [6, 6.07) is 32.5. The number of furan rings is 1. The minimum Gasteiger partial charge on any atom is -0.501 e. The van der Waals surface area contributed by atoms with Crippen molar-refractivity contribution in [1.82, 2.24) is 4.98 Å². The van der Waals surface area contributed by atoms with Crippen LogP contribution in [0.25, 0.3) is 33.2 Å². The second-order valence-electron chi connectivity index (χ2n) is 10.9. The van der Waals surface area contributed by atoms with Gasteiger partial charge in [0.25, 0.3) is 0 Å². The number of hydrogen-bond donors (Lipinski definition) is 0. The summed E-state index contributed by atoms with van der Waals surface area (Å²) in [7, 11) is -2.28. The van der Waals surface area contributed by atoms with Crippen LogP contribution in [0.15, 0.2) is 89.5 Å². The maximum atomic E-state index is 14.1. The van der Waals surface area contributed by atoms with Crippen LogP contribution < -0.4 is 5.30 Å². The van der Waals surface area contributed by atoms with E-state index in [0.29, 0.717) is 11.3 Å². The second kappa shape index (κ2) is 13.4. The summed E-state index contributed by atoms with van der Waals surface area (Å²) < 4.78 is 20.1. The summed E-state index contributed by atoms with van der Waals surface area (Å²) in [6.07, 6.45) is 14.2. The van der Waals surface area contributed by atoms with Crippen LogP contribution in [0.5, 0.6) is 0 Å². The van der Waals surface area contributed by atoms with Crippen molar-refractivity contribution < 1.29 is 29.1 Å². The first-order valence-electron chi connectivity index (χ1n) is 14.5. The average molecular weight is 726 g/mol. The molecule has 2 saturated carbocycles. The van der Waals surface area contributed by atoms with Crippen LogP contribution in [0.4, 0.5) is 0 Å². The van der Waals surface area contributed by atoms with Gasteiger partial charge in [-0.1, -0.05) is 79.8 Å². The van der Waals surface area contributed by atoms with Crippen molar-refractivity contribution in [3.05, 3.63) is 97.2 Å². The topological polar surface area (TPSA) is 43.1 Å². The summed E-state index contributed by atoms with van der Waals surface area (Å²) in [6.45, 7) is 0. The van der Waals surface area contributed by atoms with Gasteiger partial charge < -0.3 is 14.0 Å². The van der Waals surface area contributed by atoms with Crippen LogP contribution in [-0.2, 0) is 24.7 Å². The molecule has 0 spiro atoms. The molecule has 5 heteroatoms. The number of hydrogen-bond acceptors (Lipinski definition) is 3. The van der Waals surface area contributed by atoms with Crippen molar-refractivity contribution in [2.75, 3.05) is 0 Å². The van der Waals surface area contributed by atoms with Crippen molar-refractivity contribution in [2.45, 2.75) is 75.5 Å². The molecule has 0 unspecified atom stereocenters. The van der Waals surface area contributed by atoms with Crippen molar-refractivity contribution >= 4 is 34.4 Å². The van der Waals surface area contributed by atoms with Gasteiger partial charge in [-0.2, -0.15) is 30.3 Å². The van der Waals surface area contributed by atoms with E-state index in [1.165, 1.54) is 64.2 Å². The molecule has 0 aliphatic heterocycles. The Morgan fingerprint density at radius 2 is 1.38 bits per heavy atom. The molecule has 5 aromatic rings. The van der Waals surface area contributed by atoms with E-state index < -0.39 is 7.14 Å². The normalized spacial score (nSPS) is 16.7. The number of para-hydroxylation sites is 1. The molecular formula is C35H36IrNO2P-2. The Morgan fingerprint density at radius 3 is 2.02 bits per heavy atom. The molecule has 2 aliphatic rings. The van der Waals surface area contributed by atoms with E-state index in [1.807, 2.05) is 66.7 Å². The summed E-state index contributed by atoms with van der Waals surface area (Å²) in [5.41, 5.74) is 4.43. The van der Waals surface area contributed by atoms with Gasteiger partial charge >= 0.3 is 0 Å². The quantitative estimate of drug-likeness (QED) is 0.137. The zero-order chi connectivity index (χ0) is 26.5. The molecule has 0 bridgehead atoms. The molecule has 2 aliphatic carbocycles. The number of fused-ring (bicyclic) bond motifs is 3. The Kier molecular flexibility index (Phi) is 9.74. The monoisotopic (exact) mass is 726 g/mol. The van der Waals surface area contributed by atoms with Crippen molar-refractivity contribution in [3.63, 3.8) is 0 Å². The fraction of sp³-hybridized carbons (Fsp3) is 0.343. The van der Waals surface area contributed by atoms with Crippen LogP contribution in [0.3, 0.4) is 0 Å². The van der Waals surface area contributed by atoms with Crippen LogP contribution in [0.2, 0.25) is 0 Å². The van der Waals surface area contributed by atoms with Crippen LogP contribution >= 0.6 is 7.14 Å². The zero-order valence-electron chi connectivity index (χ0n) is 22.9. The van der Waals surface area contributed by atoms with Gasteiger partial charge in [0.2, 0.25) is 0 Å². The Labute approximate surface area is 251 Å². The van der Waals surface area contributed by atoms with Gasteiger partial charge in [-0.05, 0) is 43.5 Å². The Balaban J connectivity index is 0.000000157. The van der Waals surface area contributed by atoms with Crippen molar-refractivity contribution in [1.29, 1.82) is 0 Å². The van der Waals surface area contributed by atoms with E-state index >= 15 is 0 Å². The van der Waals surface area contributed by atoms with E-state index in [-0.39, 0.29) is 20.1 Å². The van der Waals surface area contributed by atoms with E-state index in [9.17, 15) is 4.57 Å². The first kappa shape index (κ1) is 29.0. The summed E-state index contributed by atoms with van der Waals surface area (Å²) in [5.74, 6) is 0. The SMILES string of the molecule is O=P(c1[c-]cccc1)(C1CCCCC1)C1CCCCC1.[Ir].[c-]1ccc2c(oc3ccccc32)c1-c1ccccn1. The Hall–Kier alpha value is -2.51. The summed E-state index contributed by atoms with van der Waals surface area (Å²) in [5, 5.41) is 3.29. The van der Waals surface area contributed by atoms with Gasteiger partial charge in [-0.15, -0.1) is 23.5 Å². The van der Waals surface area contributed by atoms with E-state index in [0.717, 1.165) is 38.5 Å². The molecule has 40 heavy (non-hydrogen) atoms. The molecule has 0 amide bonds. The fourth-order valence-corrected chi connectivity index (χ4v) is 10.9. The first-order valence-corrected chi connectivity index (χ1v) is 16.4. The van der Waals surface area contributed by atoms with E-state index in [1.54, 1.807) is 6.20 Å². The van der Waals surface area contributed by atoms with Gasteiger partial charge in [0.05, 0.1) is 12.7 Å². The molecule has 0 saturated heterocycles. The van der Waals surface area contributed by atoms with Gasteiger partial charge in [-0.3, -0.25) is 0 Å². The Bertz CT molecular complexity index is 1530. The molecule has 3 nitrogen and oxygen atoms in total. The molecule has 2 heterocycles. The Morgan fingerprint density at radius 1 is 0.700 bits per heavy atom. The third kappa shape index (κ3) is 5.91. The van der Waals surface area contributed by atoms with E-state index in [2.05, 4.69) is 29.2 Å². The molecule has 2 aromatic heterocycles. The molecule has 2 fully saturated rings. The largest absolute Gasteiger partial charge is 0.501 e. The third-order valence-corrected chi connectivity index (χ3v) is 12.8. The number of benzene rings is 3. The maximum absolute atomic E-state index is 14.1. The molecule has 0 atom stereocenters.